The van der Waals surface area contributed by atoms with Crippen LogP contribution in [0.1, 0.15) is 48.8 Å². The first-order valence-electron chi connectivity index (χ1n) is 9.03. The average Bonchev–Trinajstić information content (AvgIpc) is 3.10. The lowest BCUT2D eigenvalue weighted by molar-refractivity contribution is 0.0615. The van der Waals surface area contributed by atoms with Gasteiger partial charge in [-0.3, -0.25) is 4.79 Å². The molecule has 0 saturated heterocycles. The molecule has 1 amide bonds. The van der Waals surface area contributed by atoms with Crippen molar-refractivity contribution < 1.29 is 4.79 Å². The van der Waals surface area contributed by atoms with Crippen molar-refractivity contribution in [1.29, 1.82) is 5.26 Å². The number of amides is 1. The van der Waals surface area contributed by atoms with Crippen LogP contribution in [0.15, 0.2) is 36.5 Å². The van der Waals surface area contributed by atoms with E-state index in [1.165, 1.54) is 0 Å². The first kappa shape index (κ1) is 17.7. The lowest BCUT2D eigenvalue weighted by Gasteiger charge is -2.31. The van der Waals surface area contributed by atoms with Crippen LogP contribution in [0.2, 0.25) is 0 Å². The molecule has 1 aromatic carbocycles. The van der Waals surface area contributed by atoms with Gasteiger partial charge in [0.25, 0.3) is 5.91 Å². The summed E-state index contributed by atoms with van der Waals surface area (Å²) in [6, 6.07) is 11.7. The highest BCUT2D eigenvalue weighted by Gasteiger charge is 2.43. The van der Waals surface area contributed by atoms with E-state index >= 15 is 0 Å². The smallest absolute Gasteiger partial charge is 0.256 e. The first-order chi connectivity index (χ1) is 12.9. The summed E-state index contributed by atoms with van der Waals surface area (Å²) in [4.78, 5) is 19.6. The molecule has 2 aromatic heterocycles. The largest absolute Gasteiger partial charge is 0.330 e. The number of pyridine rings is 1. The molecule has 0 spiro atoms. The van der Waals surface area contributed by atoms with Crippen LogP contribution in [0, 0.1) is 11.3 Å². The monoisotopic (exact) mass is 376 g/mol. The number of nitriles is 1. The van der Waals surface area contributed by atoms with Crippen LogP contribution in [0.5, 0.6) is 0 Å². The van der Waals surface area contributed by atoms with E-state index in [0.717, 1.165) is 34.3 Å². The summed E-state index contributed by atoms with van der Waals surface area (Å²) in [5, 5.41) is 10.4. The molecule has 0 bridgehead atoms. The molecule has 1 unspecified atom stereocenters. The van der Waals surface area contributed by atoms with Gasteiger partial charge in [0, 0.05) is 23.7 Å². The van der Waals surface area contributed by atoms with E-state index < -0.39 is 5.54 Å². The van der Waals surface area contributed by atoms with Gasteiger partial charge in [-0.25, -0.2) is 4.98 Å². The second-order valence-corrected chi connectivity index (χ2v) is 7.93. The van der Waals surface area contributed by atoms with Gasteiger partial charge in [0.05, 0.1) is 33.6 Å². The zero-order chi connectivity index (χ0) is 19.3. The van der Waals surface area contributed by atoms with Crippen molar-refractivity contribution in [2.45, 2.75) is 32.7 Å². The van der Waals surface area contributed by atoms with Crippen LogP contribution in [-0.4, -0.2) is 26.7 Å². The van der Waals surface area contributed by atoms with Crippen LogP contribution < -0.4 is 0 Å². The second kappa shape index (κ2) is 6.18. The fourth-order valence-corrected chi connectivity index (χ4v) is 4.41. The molecule has 0 N–H and O–H groups in total. The number of hydrogen-bond acceptors (Lipinski definition) is 3. The minimum absolute atomic E-state index is 0.0520. The molecule has 0 fully saturated rings. The third kappa shape index (κ3) is 2.48. The topological polar surface area (TPSA) is 61.9 Å². The van der Waals surface area contributed by atoms with E-state index in [0.29, 0.717) is 17.7 Å². The third-order valence-electron chi connectivity index (χ3n) is 5.32. The maximum Gasteiger partial charge on any atom is 0.256 e. The SMILES string of the molecule is CCCN1C(=O)c2ccc(-c3cn(P)c4c(C#N)cccc34)nc2C1(C)C. The van der Waals surface area contributed by atoms with E-state index in [1.807, 2.05) is 45.8 Å². The lowest BCUT2D eigenvalue weighted by atomic mass is 9.98. The average molecular weight is 376 g/mol. The van der Waals surface area contributed by atoms with Gasteiger partial charge < -0.3 is 9.24 Å². The fraction of sp³-hybridized carbons (Fsp3) is 0.286. The van der Waals surface area contributed by atoms with Crippen molar-refractivity contribution in [2.24, 2.45) is 0 Å². The molecule has 4 rings (SSSR count). The van der Waals surface area contributed by atoms with Crippen LogP contribution in [0.4, 0.5) is 0 Å². The highest BCUT2D eigenvalue weighted by molar-refractivity contribution is 7.15. The summed E-state index contributed by atoms with van der Waals surface area (Å²) >= 11 is 0. The predicted octanol–water partition coefficient (Wildman–Crippen LogP) is 4.31. The molecule has 1 aliphatic rings. The Hall–Kier alpha value is -2.70. The summed E-state index contributed by atoms with van der Waals surface area (Å²) in [5.74, 6) is 0.0520. The van der Waals surface area contributed by atoms with Crippen LogP contribution in [-0.2, 0) is 5.54 Å². The summed E-state index contributed by atoms with van der Waals surface area (Å²) in [6.07, 6.45) is 2.88. The van der Waals surface area contributed by atoms with E-state index in [4.69, 9.17) is 4.98 Å². The maximum absolute atomic E-state index is 12.8. The third-order valence-corrected chi connectivity index (χ3v) is 5.73. The quantitative estimate of drug-likeness (QED) is 0.640. The number of carbonyl (C=O) groups is 1. The van der Waals surface area contributed by atoms with E-state index in [1.54, 1.807) is 0 Å². The fourth-order valence-electron chi connectivity index (χ4n) is 3.99. The molecule has 5 nitrogen and oxygen atoms in total. The number of aromatic nitrogens is 2. The molecule has 3 heterocycles. The van der Waals surface area contributed by atoms with Gasteiger partial charge in [0.2, 0.25) is 0 Å². The van der Waals surface area contributed by atoms with E-state index in [2.05, 4.69) is 36.2 Å². The molecular weight excluding hydrogens is 355 g/mol. The molecule has 1 aliphatic heterocycles. The van der Waals surface area contributed by atoms with Gasteiger partial charge in [0.15, 0.2) is 0 Å². The summed E-state index contributed by atoms with van der Waals surface area (Å²) in [6.45, 7) is 6.89. The van der Waals surface area contributed by atoms with Crippen molar-refractivity contribution in [3.8, 4) is 17.3 Å². The molecule has 0 radical (unpaired) electrons. The number of hydrogen-bond donors (Lipinski definition) is 0. The minimum Gasteiger partial charge on any atom is -0.330 e. The molecule has 0 saturated carbocycles. The maximum atomic E-state index is 12.8. The Morgan fingerprint density at radius 3 is 2.70 bits per heavy atom. The number of benzene rings is 1. The molecule has 0 aliphatic carbocycles. The number of nitrogens with zero attached hydrogens (tertiary/aromatic N) is 4. The Balaban J connectivity index is 1.91. The lowest BCUT2D eigenvalue weighted by Crippen LogP contribution is -2.39. The standard InChI is InChI=1S/C21H21N4OP/c1-4-10-24-20(26)15-8-9-17(23-19(15)21(24,2)3)16-12-25(27)18-13(11-22)6-5-7-14(16)18/h5-9,12H,4,10,27H2,1-3H3. The van der Waals surface area contributed by atoms with Gasteiger partial charge in [-0.15, -0.1) is 0 Å². The van der Waals surface area contributed by atoms with Crippen LogP contribution in [0.3, 0.4) is 0 Å². The van der Waals surface area contributed by atoms with Crippen LogP contribution in [0.25, 0.3) is 22.2 Å². The second-order valence-electron chi connectivity index (χ2n) is 7.37. The zero-order valence-corrected chi connectivity index (χ0v) is 16.8. The Morgan fingerprint density at radius 2 is 2.00 bits per heavy atom. The van der Waals surface area contributed by atoms with Crippen molar-refractivity contribution in [2.75, 3.05) is 6.54 Å². The molecule has 6 heteroatoms. The van der Waals surface area contributed by atoms with Gasteiger partial charge in [-0.2, -0.15) is 5.26 Å². The predicted molar refractivity (Wildman–Crippen MR) is 109 cm³/mol. The number of para-hydroxylation sites is 1. The van der Waals surface area contributed by atoms with Crippen molar-refractivity contribution in [3.05, 3.63) is 53.3 Å². The molecule has 27 heavy (non-hydrogen) atoms. The Morgan fingerprint density at radius 1 is 1.22 bits per heavy atom. The van der Waals surface area contributed by atoms with Crippen molar-refractivity contribution in [1.82, 2.24) is 14.2 Å². The van der Waals surface area contributed by atoms with Crippen molar-refractivity contribution >= 4 is 26.2 Å². The first-order valence-corrected chi connectivity index (χ1v) is 9.55. The molecular formula is C21H21N4OP. The Kier molecular flexibility index (Phi) is 4.05. The summed E-state index contributed by atoms with van der Waals surface area (Å²) < 4.78 is 1.89. The molecule has 1 atom stereocenters. The van der Waals surface area contributed by atoms with Gasteiger partial charge in [-0.1, -0.05) is 19.1 Å². The number of fused-ring (bicyclic) bond motifs is 2. The van der Waals surface area contributed by atoms with Gasteiger partial charge in [0.1, 0.15) is 6.07 Å². The number of rotatable bonds is 3. The molecule has 3 aromatic rings. The summed E-state index contributed by atoms with van der Waals surface area (Å²) in [5.41, 5.74) is 4.33. The summed E-state index contributed by atoms with van der Waals surface area (Å²) in [7, 11) is 2.64. The zero-order valence-electron chi connectivity index (χ0n) is 15.7. The highest BCUT2D eigenvalue weighted by Crippen LogP contribution is 2.40. The van der Waals surface area contributed by atoms with E-state index in [-0.39, 0.29) is 5.91 Å². The number of carbonyl (C=O) groups excluding carboxylic acids is 1. The molecule has 136 valence electrons. The Bertz CT molecular complexity index is 1120. The van der Waals surface area contributed by atoms with E-state index in [9.17, 15) is 10.1 Å². The van der Waals surface area contributed by atoms with Crippen LogP contribution >= 0.6 is 9.39 Å². The normalized spacial score (nSPS) is 15.2. The Labute approximate surface area is 160 Å². The highest BCUT2D eigenvalue weighted by atomic mass is 31.0. The van der Waals surface area contributed by atoms with Gasteiger partial charge >= 0.3 is 0 Å². The van der Waals surface area contributed by atoms with Crippen molar-refractivity contribution in [3.63, 3.8) is 0 Å². The minimum atomic E-state index is -0.435. The van der Waals surface area contributed by atoms with Gasteiger partial charge in [-0.05, 0) is 47.9 Å².